The number of oxazole rings is 1. The first-order valence-electron chi connectivity index (χ1n) is 15.6. The minimum absolute atomic E-state index is 0.0161. The van der Waals surface area contributed by atoms with Gasteiger partial charge in [0.2, 0.25) is 8.32 Å². The van der Waals surface area contributed by atoms with E-state index in [1.807, 2.05) is 42.3 Å². The number of rotatable bonds is 17. The Labute approximate surface area is 270 Å². The molecule has 9 heteroatoms. The summed E-state index contributed by atoms with van der Waals surface area (Å²) in [4.78, 5) is 6.55. The lowest BCUT2D eigenvalue weighted by molar-refractivity contribution is -0.135. The first-order chi connectivity index (χ1) is 20.4. The second kappa shape index (κ2) is 18.6. The molecule has 0 aromatic carbocycles. The Balaban J connectivity index is 2.05. The summed E-state index contributed by atoms with van der Waals surface area (Å²) in [5, 5.41) is 11.0. The van der Waals surface area contributed by atoms with Gasteiger partial charge in [0.1, 0.15) is 12.0 Å². The predicted molar refractivity (Wildman–Crippen MR) is 182 cm³/mol. The number of ether oxygens (including phenoxy) is 3. The van der Waals surface area contributed by atoms with Gasteiger partial charge in [-0.2, -0.15) is 0 Å². The number of methoxy groups -OCH3 is 2. The number of aliphatic hydroxyl groups is 1. The molecule has 43 heavy (non-hydrogen) atoms. The Morgan fingerprint density at radius 3 is 2.37 bits per heavy atom. The van der Waals surface area contributed by atoms with Crippen molar-refractivity contribution < 1.29 is 28.2 Å². The molecule has 0 aliphatic carbocycles. The summed E-state index contributed by atoms with van der Waals surface area (Å²) in [6, 6.07) is 0. The first-order valence-corrected chi connectivity index (χ1v) is 18.7. The summed E-state index contributed by atoms with van der Waals surface area (Å²) in [5.41, 5.74) is 4.47. The van der Waals surface area contributed by atoms with Crippen molar-refractivity contribution in [3.05, 3.63) is 58.3 Å². The molecule has 244 valence electrons. The van der Waals surface area contributed by atoms with E-state index in [2.05, 4.69) is 64.4 Å². The van der Waals surface area contributed by atoms with E-state index in [0.717, 1.165) is 23.3 Å². The lowest BCUT2D eigenvalue weighted by atomic mass is 9.95. The second-order valence-electron chi connectivity index (χ2n) is 12.7. The normalized spacial score (nSPS) is 22.5. The quantitative estimate of drug-likeness (QED) is 0.130. The van der Waals surface area contributed by atoms with Crippen LogP contribution in [-0.4, -0.2) is 69.8 Å². The number of aliphatic hydroxyl groups excluding tert-OH is 1. The molecule has 1 aliphatic heterocycles. The van der Waals surface area contributed by atoms with E-state index in [9.17, 15) is 5.11 Å². The van der Waals surface area contributed by atoms with Crippen molar-refractivity contribution in [3.8, 4) is 0 Å². The number of nitrogens with zero attached hydrogens (tertiary/aromatic N) is 1. The van der Waals surface area contributed by atoms with E-state index in [1.54, 1.807) is 20.5 Å². The maximum absolute atomic E-state index is 11.0. The third kappa shape index (κ3) is 11.5. The van der Waals surface area contributed by atoms with Gasteiger partial charge in [-0.1, -0.05) is 87.3 Å². The second-order valence-corrected chi connectivity index (χ2v) is 18.7. The Hall–Kier alpha value is -1.33. The largest absolute Gasteiger partial charge is 0.448 e. The van der Waals surface area contributed by atoms with E-state index < -0.39 is 14.4 Å². The van der Waals surface area contributed by atoms with Gasteiger partial charge in [-0.3, -0.25) is 0 Å². The standard InChI is InChI=1S/C34H56BrNO6Si/c1-23(2)43(24(3)4,25(5)6)41-21-27(8)16-28-22-40-34(36-28)20-31-18-30(39-10)19-33(42-31)32(37)17-26(7)13-14-29(38-9)12-11-15-35/h11,13-17,22-25,29-33,37H,12,18-21H2,1-10H3/b14-13+,15-11+,26-17+,27-16+/t29-,30+,31+,32-,33-/m1/s1. The predicted octanol–water partition coefficient (Wildman–Crippen LogP) is 8.55. The summed E-state index contributed by atoms with van der Waals surface area (Å²) >= 11 is 3.29. The number of hydrogen-bond donors (Lipinski definition) is 1. The van der Waals surface area contributed by atoms with Crippen LogP contribution < -0.4 is 0 Å². The fraction of sp³-hybridized carbons (Fsp3) is 0.676. The molecule has 1 fully saturated rings. The summed E-state index contributed by atoms with van der Waals surface area (Å²) in [7, 11) is 1.46. The summed E-state index contributed by atoms with van der Waals surface area (Å²) in [6.07, 6.45) is 12.8. The Morgan fingerprint density at radius 2 is 1.79 bits per heavy atom. The smallest absolute Gasteiger partial charge is 0.200 e. The van der Waals surface area contributed by atoms with E-state index in [1.165, 1.54) is 0 Å². The van der Waals surface area contributed by atoms with Gasteiger partial charge >= 0.3 is 0 Å². The van der Waals surface area contributed by atoms with Crippen molar-refractivity contribution in [2.45, 2.75) is 128 Å². The van der Waals surface area contributed by atoms with Crippen LogP contribution in [0.4, 0.5) is 0 Å². The number of halogens is 1. The zero-order valence-electron chi connectivity index (χ0n) is 28.0. The van der Waals surface area contributed by atoms with Crippen molar-refractivity contribution in [3.63, 3.8) is 0 Å². The van der Waals surface area contributed by atoms with E-state index in [0.29, 0.717) is 48.4 Å². The van der Waals surface area contributed by atoms with Crippen molar-refractivity contribution in [1.82, 2.24) is 4.98 Å². The van der Waals surface area contributed by atoms with Crippen LogP contribution in [0.1, 0.15) is 86.2 Å². The van der Waals surface area contributed by atoms with Gasteiger partial charge in [-0.25, -0.2) is 4.98 Å². The SMILES string of the molecule is CO[C@H]1C[C@@H](Cc2nc(/C=C(\C)CO[Si](C(C)C)(C(C)C)C(C)C)co2)O[C@@H]([C@H](O)/C=C(C)/C=C/[C@@H](C/C=C/Br)OC)C1. The van der Waals surface area contributed by atoms with Gasteiger partial charge in [0, 0.05) is 27.1 Å². The molecule has 1 saturated heterocycles. The fourth-order valence-corrected chi connectivity index (χ4v) is 12.1. The molecule has 0 bridgehead atoms. The Bertz CT molecular complexity index is 1060. The first kappa shape index (κ1) is 37.9. The van der Waals surface area contributed by atoms with E-state index >= 15 is 0 Å². The third-order valence-corrected chi connectivity index (χ3v) is 14.9. The highest BCUT2D eigenvalue weighted by Gasteiger charge is 2.45. The van der Waals surface area contributed by atoms with Gasteiger partial charge in [-0.05, 0) is 53.5 Å². The van der Waals surface area contributed by atoms with Crippen molar-refractivity contribution in [2.75, 3.05) is 20.8 Å². The Morgan fingerprint density at radius 1 is 1.12 bits per heavy atom. The number of allylic oxidation sites excluding steroid dienone is 2. The lowest BCUT2D eigenvalue weighted by Gasteiger charge is -2.42. The molecule has 0 saturated carbocycles. The third-order valence-electron chi connectivity index (χ3n) is 8.49. The highest BCUT2D eigenvalue weighted by molar-refractivity contribution is 9.11. The molecular formula is C34H56BrNO6Si. The zero-order chi connectivity index (χ0) is 32.2. The summed E-state index contributed by atoms with van der Waals surface area (Å²) in [6.45, 7) is 18.5. The highest BCUT2D eigenvalue weighted by atomic mass is 79.9. The zero-order valence-corrected chi connectivity index (χ0v) is 30.6. The number of hydrogen-bond acceptors (Lipinski definition) is 7. The minimum Gasteiger partial charge on any atom is -0.448 e. The molecule has 5 atom stereocenters. The Kier molecular flexibility index (Phi) is 16.4. The minimum atomic E-state index is -1.94. The van der Waals surface area contributed by atoms with Gasteiger partial charge < -0.3 is 28.2 Å². The van der Waals surface area contributed by atoms with E-state index in [4.69, 9.17) is 28.0 Å². The molecule has 1 aromatic rings. The van der Waals surface area contributed by atoms with Crippen LogP contribution in [0, 0.1) is 0 Å². The average Bonchev–Trinajstić information content (AvgIpc) is 3.38. The maximum Gasteiger partial charge on any atom is 0.200 e. The molecule has 2 rings (SSSR count). The fourth-order valence-electron chi connectivity index (χ4n) is 6.39. The molecule has 1 aromatic heterocycles. The monoisotopic (exact) mass is 681 g/mol. The van der Waals surface area contributed by atoms with Crippen LogP contribution in [0.5, 0.6) is 0 Å². The molecule has 1 N–H and O–H groups in total. The highest BCUT2D eigenvalue weighted by Crippen LogP contribution is 2.42. The molecule has 0 amide bonds. The van der Waals surface area contributed by atoms with Crippen molar-refractivity contribution >= 4 is 30.3 Å². The maximum atomic E-state index is 11.0. The van der Waals surface area contributed by atoms with Gasteiger partial charge in [-0.15, -0.1) is 0 Å². The number of aromatic nitrogens is 1. The van der Waals surface area contributed by atoms with Crippen molar-refractivity contribution in [1.29, 1.82) is 0 Å². The van der Waals surface area contributed by atoms with Crippen LogP contribution in [0.2, 0.25) is 16.6 Å². The topological polar surface area (TPSA) is 83.2 Å². The van der Waals surface area contributed by atoms with Crippen LogP contribution >= 0.6 is 15.9 Å². The average molecular weight is 683 g/mol. The molecule has 0 spiro atoms. The van der Waals surface area contributed by atoms with Gasteiger partial charge in [0.05, 0.1) is 43.5 Å². The lowest BCUT2D eigenvalue weighted by Crippen LogP contribution is -2.48. The van der Waals surface area contributed by atoms with E-state index in [-0.39, 0.29) is 24.4 Å². The van der Waals surface area contributed by atoms with Crippen molar-refractivity contribution in [2.24, 2.45) is 0 Å². The van der Waals surface area contributed by atoms with Gasteiger partial charge in [0.15, 0.2) is 5.89 Å². The molecule has 0 radical (unpaired) electrons. The van der Waals surface area contributed by atoms with Crippen LogP contribution in [-0.2, 0) is 25.1 Å². The molecule has 2 heterocycles. The molecular weight excluding hydrogens is 626 g/mol. The molecule has 1 aliphatic rings. The van der Waals surface area contributed by atoms with Crippen LogP contribution in [0.3, 0.4) is 0 Å². The molecule has 7 nitrogen and oxygen atoms in total. The summed E-state index contributed by atoms with van der Waals surface area (Å²) in [5.74, 6) is 0.614. The van der Waals surface area contributed by atoms with Crippen LogP contribution in [0.25, 0.3) is 6.08 Å². The van der Waals surface area contributed by atoms with Crippen LogP contribution in [0.15, 0.2) is 51.1 Å². The van der Waals surface area contributed by atoms with Gasteiger partial charge in [0.25, 0.3) is 0 Å². The summed E-state index contributed by atoms with van der Waals surface area (Å²) < 4.78 is 30.1. The molecule has 0 unspecified atom stereocenters.